The van der Waals surface area contributed by atoms with Crippen molar-refractivity contribution in [3.05, 3.63) is 60.4 Å². The summed E-state index contributed by atoms with van der Waals surface area (Å²) in [5, 5.41) is 9.11. The minimum Gasteiger partial charge on any atom is -0.472 e. The van der Waals surface area contributed by atoms with Crippen LogP contribution in [-0.4, -0.2) is 42.8 Å². The molecule has 9 nitrogen and oxygen atoms in total. The normalized spacial score (nSPS) is 11.1. The van der Waals surface area contributed by atoms with Gasteiger partial charge in [0.1, 0.15) is 6.61 Å². The molecule has 134 valence electrons. The Bertz CT molecular complexity index is 974. The maximum absolute atomic E-state index is 12.5. The van der Waals surface area contributed by atoms with Crippen molar-refractivity contribution >= 4 is 15.7 Å². The Morgan fingerprint density at radius 1 is 1.12 bits per heavy atom. The molecule has 0 aliphatic heterocycles. The Hall–Kier alpha value is -3.27. The van der Waals surface area contributed by atoms with Gasteiger partial charge in [-0.05, 0) is 34.6 Å². The third-order valence-electron chi connectivity index (χ3n) is 3.29. The molecule has 26 heavy (non-hydrogen) atoms. The quantitative estimate of drug-likeness (QED) is 0.610. The number of nitrogens with zero attached hydrogens (tertiary/aromatic N) is 3. The van der Waals surface area contributed by atoms with Crippen LogP contribution in [0.2, 0.25) is 0 Å². The molecule has 0 fully saturated rings. The summed E-state index contributed by atoms with van der Waals surface area (Å²) in [6.45, 7) is 0.114. The van der Waals surface area contributed by atoms with Crippen LogP contribution in [0.4, 0.5) is 0 Å². The average molecular weight is 374 g/mol. The first-order valence-corrected chi connectivity index (χ1v) is 9.01. The number of rotatable bonds is 7. The number of ether oxygens (including phenoxy) is 1. The van der Waals surface area contributed by atoms with Gasteiger partial charge in [0.25, 0.3) is 16.8 Å². The molecule has 0 bridgehead atoms. The van der Waals surface area contributed by atoms with Gasteiger partial charge < -0.3 is 10.1 Å². The van der Waals surface area contributed by atoms with Crippen molar-refractivity contribution in [1.82, 2.24) is 20.6 Å². The summed E-state index contributed by atoms with van der Waals surface area (Å²) in [4.78, 5) is 15.8. The molecule has 2 heterocycles. The van der Waals surface area contributed by atoms with E-state index >= 15 is 0 Å². The first kappa shape index (κ1) is 17.5. The van der Waals surface area contributed by atoms with Crippen LogP contribution in [-0.2, 0) is 9.84 Å². The molecule has 0 radical (unpaired) electrons. The zero-order valence-corrected chi connectivity index (χ0v) is 14.2. The van der Waals surface area contributed by atoms with Gasteiger partial charge in [0.15, 0.2) is 0 Å². The van der Waals surface area contributed by atoms with Crippen molar-refractivity contribution in [2.24, 2.45) is 0 Å². The fourth-order valence-corrected chi connectivity index (χ4v) is 3.24. The van der Waals surface area contributed by atoms with E-state index in [0.717, 1.165) is 0 Å². The van der Waals surface area contributed by atoms with Crippen molar-refractivity contribution in [1.29, 1.82) is 0 Å². The molecule has 1 amide bonds. The van der Waals surface area contributed by atoms with Crippen LogP contribution in [0.5, 0.6) is 5.88 Å². The van der Waals surface area contributed by atoms with Gasteiger partial charge >= 0.3 is 0 Å². The molecule has 3 rings (SSSR count). The fraction of sp³-hybridized carbons (Fsp3) is 0.125. The molecule has 0 atom stereocenters. The number of nitrogens with one attached hydrogen (secondary N) is 1. The molecule has 3 aromatic rings. The largest absolute Gasteiger partial charge is 0.472 e. The van der Waals surface area contributed by atoms with Gasteiger partial charge in [-0.25, -0.2) is 13.0 Å². The Morgan fingerprint density at radius 3 is 2.65 bits per heavy atom. The summed E-state index contributed by atoms with van der Waals surface area (Å²) in [5.74, 6) is -0.582. The van der Waals surface area contributed by atoms with Crippen LogP contribution in [0.15, 0.2) is 69.4 Å². The summed E-state index contributed by atoms with van der Waals surface area (Å²) in [6, 6.07) is 11.0. The standard InChI is InChI=1S/C16H14N4O5S/c21-14(12-5-4-8-17-11-12)18-9-10-24-15-16(20-25-19-15)26(22,23)13-6-2-1-3-7-13/h1-8,11H,9-10H2,(H,18,21). The highest BCUT2D eigenvalue weighted by Crippen LogP contribution is 2.25. The van der Waals surface area contributed by atoms with Gasteiger partial charge in [-0.1, -0.05) is 18.2 Å². The average Bonchev–Trinajstić information content (AvgIpc) is 3.16. The number of hydrogen-bond acceptors (Lipinski definition) is 8. The molecule has 0 saturated heterocycles. The van der Waals surface area contributed by atoms with Gasteiger partial charge in [-0.15, -0.1) is 0 Å². The van der Waals surface area contributed by atoms with E-state index in [9.17, 15) is 13.2 Å². The smallest absolute Gasteiger partial charge is 0.295 e. The first-order chi connectivity index (χ1) is 12.6. The first-order valence-electron chi connectivity index (χ1n) is 7.53. The monoisotopic (exact) mass is 374 g/mol. The van der Waals surface area contributed by atoms with Crippen LogP contribution in [0.25, 0.3) is 0 Å². The predicted molar refractivity (Wildman–Crippen MR) is 88.3 cm³/mol. The maximum Gasteiger partial charge on any atom is 0.295 e. The van der Waals surface area contributed by atoms with Gasteiger partial charge in [0.05, 0.1) is 17.0 Å². The Morgan fingerprint density at radius 2 is 1.92 bits per heavy atom. The highest BCUT2D eigenvalue weighted by atomic mass is 32.2. The Balaban J connectivity index is 1.61. The molecule has 0 saturated carbocycles. The molecule has 0 unspecified atom stereocenters. The lowest BCUT2D eigenvalue weighted by atomic mass is 10.3. The van der Waals surface area contributed by atoms with Crippen molar-refractivity contribution < 1.29 is 22.6 Å². The lowest BCUT2D eigenvalue weighted by Crippen LogP contribution is -2.28. The molecule has 0 spiro atoms. The molecule has 1 aromatic carbocycles. The van der Waals surface area contributed by atoms with Crippen molar-refractivity contribution in [2.45, 2.75) is 9.92 Å². The maximum atomic E-state index is 12.5. The molecule has 0 aliphatic carbocycles. The summed E-state index contributed by atoms with van der Waals surface area (Å²) < 4.78 is 34.8. The number of carbonyl (C=O) groups is 1. The zero-order chi connectivity index (χ0) is 18.4. The number of amides is 1. The van der Waals surface area contributed by atoms with E-state index in [1.807, 2.05) is 0 Å². The van der Waals surface area contributed by atoms with Gasteiger partial charge in [-0.2, -0.15) is 0 Å². The fourth-order valence-electron chi connectivity index (χ4n) is 2.05. The molecule has 0 aliphatic rings. The predicted octanol–water partition coefficient (Wildman–Crippen LogP) is 1.11. The number of carbonyl (C=O) groups excluding carboxylic acids is 1. The molecule has 10 heteroatoms. The number of benzene rings is 1. The van der Waals surface area contributed by atoms with Crippen molar-refractivity contribution in [2.75, 3.05) is 13.2 Å². The van der Waals surface area contributed by atoms with Crippen LogP contribution in [0, 0.1) is 0 Å². The second-order valence-electron chi connectivity index (χ2n) is 5.04. The second-order valence-corrected chi connectivity index (χ2v) is 6.90. The summed E-state index contributed by atoms with van der Waals surface area (Å²) in [6.07, 6.45) is 2.99. The van der Waals surface area contributed by atoms with E-state index < -0.39 is 14.9 Å². The van der Waals surface area contributed by atoms with E-state index in [1.165, 1.54) is 18.3 Å². The van der Waals surface area contributed by atoms with E-state index in [4.69, 9.17) is 4.74 Å². The SMILES string of the molecule is O=C(NCCOc1nonc1S(=O)(=O)c1ccccc1)c1cccnc1. The van der Waals surface area contributed by atoms with Crippen LogP contribution >= 0.6 is 0 Å². The number of aromatic nitrogens is 3. The topological polar surface area (TPSA) is 124 Å². The minimum atomic E-state index is -3.91. The minimum absolute atomic E-state index is 0.0163. The van der Waals surface area contributed by atoms with Gasteiger partial charge in [-0.3, -0.25) is 9.78 Å². The summed E-state index contributed by atoms with van der Waals surface area (Å²) >= 11 is 0. The number of pyridine rings is 1. The molecular formula is C16H14N4O5S. The number of sulfone groups is 1. The van der Waals surface area contributed by atoms with Crippen molar-refractivity contribution in [3.8, 4) is 5.88 Å². The second kappa shape index (κ2) is 7.74. The van der Waals surface area contributed by atoms with Crippen LogP contribution < -0.4 is 10.1 Å². The van der Waals surface area contributed by atoms with E-state index in [0.29, 0.717) is 5.56 Å². The highest BCUT2D eigenvalue weighted by Gasteiger charge is 2.28. The molecular weight excluding hydrogens is 360 g/mol. The third kappa shape index (κ3) is 3.86. The highest BCUT2D eigenvalue weighted by molar-refractivity contribution is 7.91. The Labute approximate surface area is 148 Å². The van der Waals surface area contributed by atoms with E-state index in [2.05, 4.69) is 25.2 Å². The Kier molecular flexibility index (Phi) is 5.23. The van der Waals surface area contributed by atoms with Crippen molar-refractivity contribution in [3.63, 3.8) is 0 Å². The van der Waals surface area contributed by atoms with Crippen LogP contribution in [0.1, 0.15) is 10.4 Å². The van der Waals surface area contributed by atoms with Gasteiger partial charge in [0, 0.05) is 12.4 Å². The number of hydrogen-bond donors (Lipinski definition) is 1. The zero-order valence-electron chi connectivity index (χ0n) is 13.4. The molecule has 2 aromatic heterocycles. The van der Waals surface area contributed by atoms with E-state index in [-0.39, 0.29) is 29.8 Å². The van der Waals surface area contributed by atoms with Gasteiger partial charge in [0.2, 0.25) is 9.84 Å². The third-order valence-corrected chi connectivity index (χ3v) is 4.94. The summed E-state index contributed by atoms with van der Waals surface area (Å²) in [5.41, 5.74) is 0.406. The van der Waals surface area contributed by atoms with Crippen LogP contribution in [0.3, 0.4) is 0 Å². The lowest BCUT2D eigenvalue weighted by molar-refractivity contribution is 0.0945. The summed E-state index contributed by atoms with van der Waals surface area (Å²) in [7, 11) is -3.91. The van der Waals surface area contributed by atoms with E-state index in [1.54, 1.807) is 36.5 Å². The lowest BCUT2D eigenvalue weighted by Gasteiger charge is -2.06. The molecule has 1 N–H and O–H groups in total.